The molecule has 0 spiro atoms. The summed E-state index contributed by atoms with van der Waals surface area (Å²) < 4.78 is 10.2. The van der Waals surface area contributed by atoms with Crippen LogP contribution in [0.25, 0.3) is 0 Å². The summed E-state index contributed by atoms with van der Waals surface area (Å²) in [4.78, 5) is 22.8. The quantitative estimate of drug-likeness (QED) is 0.162. The van der Waals surface area contributed by atoms with E-state index in [9.17, 15) is 9.59 Å². The molecule has 0 aliphatic carbocycles. The number of hydrogen-bond donors (Lipinski definition) is 0. The number of hydrogen-bond acceptors (Lipinski definition) is 4. The first-order valence-corrected chi connectivity index (χ1v) is 11.9. The Bertz CT molecular complexity index is 368. The Morgan fingerprint density at radius 3 is 1.50 bits per heavy atom. The molecule has 0 aliphatic rings. The zero-order valence-corrected chi connectivity index (χ0v) is 18.9. The van der Waals surface area contributed by atoms with Crippen LogP contribution >= 0.6 is 0 Å². The molecular formula is C24H46O4. The van der Waals surface area contributed by atoms with E-state index >= 15 is 0 Å². The summed E-state index contributed by atoms with van der Waals surface area (Å²) in [5.41, 5.74) is 0. The molecule has 0 saturated carbocycles. The molecule has 0 heterocycles. The zero-order chi connectivity index (χ0) is 20.9. The summed E-state index contributed by atoms with van der Waals surface area (Å²) >= 11 is 0. The third-order valence-electron chi connectivity index (χ3n) is 5.08. The Morgan fingerprint density at radius 1 is 0.643 bits per heavy atom. The fraction of sp³-hybridized carbons (Fsp3) is 0.917. The monoisotopic (exact) mass is 398 g/mol. The van der Waals surface area contributed by atoms with Crippen molar-refractivity contribution < 1.29 is 19.1 Å². The van der Waals surface area contributed by atoms with Crippen molar-refractivity contribution >= 4 is 11.9 Å². The maximum absolute atomic E-state index is 11.7. The first-order chi connectivity index (χ1) is 13.6. The number of rotatable bonds is 20. The minimum Gasteiger partial charge on any atom is -0.462 e. The van der Waals surface area contributed by atoms with Gasteiger partial charge in [0.05, 0.1) is 0 Å². The van der Waals surface area contributed by atoms with Crippen molar-refractivity contribution in [3.63, 3.8) is 0 Å². The smallest absolute Gasteiger partial charge is 0.305 e. The van der Waals surface area contributed by atoms with Crippen molar-refractivity contribution in [1.29, 1.82) is 0 Å². The number of carbonyl (C=O) groups excluding carboxylic acids is 2. The van der Waals surface area contributed by atoms with E-state index in [0.29, 0.717) is 12.8 Å². The van der Waals surface area contributed by atoms with Gasteiger partial charge in [-0.1, -0.05) is 104 Å². The van der Waals surface area contributed by atoms with Crippen molar-refractivity contribution in [1.82, 2.24) is 0 Å². The third-order valence-corrected chi connectivity index (χ3v) is 5.08. The lowest BCUT2D eigenvalue weighted by atomic mass is 10.0. The van der Waals surface area contributed by atoms with Crippen molar-refractivity contribution in [3.05, 3.63) is 0 Å². The predicted octanol–water partition coefficient (Wildman–Crippen LogP) is 7.13. The number of esters is 2. The number of carbonyl (C=O) groups is 2. The Balaban J connectivity index is 3.26. The van der Waals surface area contributed by atoms with E-state index in [1.165, 1.54) is 83.5 Å². The molecule has 0 aromatic rings. The van der Waals surface area contributed by atoms with Gasteiger partial charge in [0.2, 0.25) is 0 Å². The molecule has 0 fully saturated rings. The molecule has 0 rings (SSSR count). The highest BCUT2D eigenvalue weighted by Gasteiger charge is 2.10. The lowest BCUT2D eigenvalue weighted by Crippen LogP contribution is -2.21. The topological polar surface area (TPSA) is 52.6 Å². The molecule has 4 heteroatoms. The van der Waals surface area contributed by atoms with E-state index in [2.05, 4.69) is 6.92 Å². The average molecular weight is 399 g/mol. The Labute approximate surface area is 174 Å². The standard InChI is InChI=1S/C24H46O4/c1-4-6-7-8-9-10-11-12-13-14-15-16-17-18-19-20-24(26)27-21-22(3)28-23(25)5-2/h22H,4-21H2,1-3H3. The van der Waals surface area contributed by atoms with Crippen molar-refractivity contribution in [2.24, 2.45) is 0 Å². The molecule has 0 aromatic carbocycles. The first kappa shape index (κ1) is 26.9. The van der Waals surface area contributed by atoms with Gasteiger partial charge in [0.1, 0.15) is 12.7 Å². The largest absolute Gasteiger partial charge is 0.462 e. The highest BCUT2D eigenvalue weighted by atomic mass is 16.6. The molecule has 4 nitrogen and oxygen atoms in total. The summed E-state index contributed by atoms with van der Waals surface area (Å²) in [6.45, 7) is 5.92. The molecule has 166 valence electrons. The molecule has 28 heavy (non-hydrogen) atoms. The summed E-state index contributed by atoms with van der Waals surface area (Å²) in [7, 11) is 0. The van der Waals surface area contributed by atoms with Crippen LogP contribution in [0.15, 0.2) is 0 Å². The van der Waals surface area contributed by atoms with Gasteiger partial charge in [-0.3, -0.25) is 9.59 Å². The maximum Gasteiger partial charge on any atom is 0.305 e. The number of unbranched alkanes of at least 4 members (excludes halogenated alkanes) is 14. The van der Waals surface area contributed by atoms with Crippen molar-refractivity contribution in [2.75, 3.05) is 6.61 Å². The summed E-state index contributed by atoms with van der Waals surface area (Å²) in [6.07, 6.45) is 20.2. The zero-order valence-electron chi connectivity index (χ0n) is 18.9. The van der Waals surface area contributed by atoms with Gasteiger partial charge in [-0.05, 0) is 13.3 Å². The van der Waals surface area contributed by atoms with E-state index in [1.807, 2.05) is 0 Å². The van der Waals surface area contributed by atoms with Gasteiger partial charge < -0.3 is 9.47 Å². The lowest BCUT2D eigenvalue weighted by molar-refractivity contribution is -0.157. The maximum atomic E-state index is 11.7. The van der Waals surface area contributed by atoms with E-state index in [0.717, 1.165) is 12.8 Å². The fourth-order valence-corrected chi connectivity index (χ4v) is 3.26. The SMILES string of the molecule is CCCCCCCCCCCCCCCCCC(=O)OCC(C)OC(=O)CC. The molecule has 0 N–H and O–H groups in total. The Morgan fingerprint density at radius 2 is 1.07 bits per heavy atom. The van der Waals surface area contributed by atoms with Crippen molar-refractivity contribution in [3.8, 4) is 0 Å². The molecule has 0 radical (unpaired) electrons. The van der Waals surface area contributed by atoms with Gasteiger partial charge in [0, 0.05) is 12.8 Å². The molecular weight excluding hydrogens is 352 g/mol. The van der Waals surface area contributed by atoms with E-state index in [1.54, 1.807) is 13.8 Å². The molecule has 0 saturated heterocycles. The van der Waals surface area contributed by atoms with Crippen LogP contribution in [0.5, 0.6) is 0 Å². The third kappa shape index (κ3) is 19.7. The number of ether oxygens (including phenoxy) is 2. The Kier molecular flexibility index (Phi) is 19.9. The molecule has 0 aliphatic heterocycles. The van der Waals surface area contributed by atoms with Crippen molar-refractivity contribution in [2.45, 2.75) is 136 Å². The summed E-state index contributed by atoms with van der Waals surface area (Å²) in [6, 6.07) is 0. The second-order valence-corrected chi connectivity index (χ2v) is 8.04. The van der Waals surface area contributed by atoms with Crippen LogP contribution in [-0.4, -0.2) is 24.6 Å². The normalized spacial score (nSPS) is 12.0. The highest BCUT2D eigenvalue weighted by Crippen LogP contribution is 2.13. The molecule has 0 aromatic heterocycles. The highest BCUT2D eigenvalue weighted by molar-refractivity contribution is 5.70. The Hall–Kier alpha value is -1.06. The lowest BCUT2D eigenvalue weighted by Gasteiger charge is -2.12. The molecule has 1 atom stereocenters. The fourth-order valence-electron chi connectivity index (χ4n) is 3.26. The molecule has 0 bridgehead atoms. The van der Waals surface area contributed by atoms with Gasteiger partial charge >= 0.3 is 11.9 Å². The van der Waals surface area contributed by atoms with Gasteiger partial charge in [-0.2, -0.15) is 0 Å². The summed E-state index contributed by atoms with van der Waals surface area (Å²) in [5.74, 6) is -0.444. The van der Waals surface area contributed by atoms with Crippen LogP contribution in [0, 0.1) is 0 Å². The van der Waals surface area contributed by atoms with Crippen LogP contribution in [0.4, 0.5) is 0 Å². The van der Waals surface area contributed by atoms with E-state index in [-0.39, 0.29) is 24.6 Å². The van der Waals surface area contributed by atoms with Gasteiger partial charge in [0.15, 0.2) is 0 Å². The summed E-state index contributed by atoms with van der Waals surface area (Å²) in [5, 5.41) is 0. The van der Waals surface area contributed by atoms with Gasteiger partial charge in [-0.25, -0.2) is 0 Å². The van der Waals surface area contributed by atoms with Crippen LogP contribution in [0.2, 0.25) is 0 Å². The van der Waals surface area contributed by atoms with Crippen LogP contribution < -0.4 is 0 Å². The predicted molar refractivity (Wildman–Crippen MR) is 116 cm³/mol. The minimum atomic E-state index is -0.363. The second kappa shape index (κ2) is 20.7. The molecule has 1 unspecified atom stereocenters. The average Bonchev–Trinajstić information content (AvgIpc) is 2.69. The van der Waals surface area contributed by atoms with Crippen LogP contribution in [-0.2, 0) is 19.1 Å². The minimum absolute atomic E-state index is 0.156. The first-order valence-electron chi connectivity index (χ1n) is 11.9. The van der Waals surface area contributed by atoms with E-state index in [4.69, 9.17) is 9.47 Å². The van der Waals surface area contributed by atoms with Crippen LogP contribution in [0.3, 0.4) is 0 Å². The second-order valence-electron chi connectivity index (χ2n) is 8.04. The van der Waals surface area contributed by atoms with Gasteiger partial charge in [0.25, 0.3) is 0 Å². The van der Waals surface area contributed by atoms with Gasteiger partial charge in [-0.15, -0.1) is 0 Å². The van der Waals surface area contributed by atoms with Crippen LogP contribution in [0.1, 0.15) is 130 Å². The van der Waals surface area contributed by atoms with E-state index < -0.39 is 0 Å². The molecule has 0 amide bonds.